The highest BCUT2D eigenvalue weighted by Gasteiger charge is 2.29. The van der Waals surface area contributed by atoms with Crippen molar-refractivity contribution in [3.05, 3.63) is 35.9 Å². The highest BCUT2D eigenvalue weighted by Crippen LogP contribution is 2.08. The van der Waals surface area contributed by atoms with E-state index in [2.05, 4.69) is 28.6 Å². The van der Waals surface area contributed by atoms with E-state index in [0.717, 1.165) is 5.56 Å². The molecule has 0 heterocycles. The van der Waals surface area contributed by atoms with Crippen LogP contribution in [-0.4, -0.2) is 59.2 Å². The molecule has 0 aliphatic carbocycles. The maximum Gasteiger partial charge on any atom is 0.322 e. The van der Waals surface area contributed by atoms with Crippen LogP contribution in [0.3, 0.4) is 0 Å². The maximum absolute atomic E-state index is 12.9. The molecule has 0 spiro atoms. The number of aliphatic carboxylic acids is 1. The van der Waals surface area contributed by atoms with Crippen molar-refractivity contribution in [1.82, 2.24) is 16.0 Å². The minimum atomic E-state index is -1.21. The molecule has 0 radical (unpaired) electrons. The molecule has 0 saturated carbocycles. The highest BCUT2D eigenvalue weighted by atomic mass is 32.1. The summed E-state index contributed by atoms with van der Waals surface area (Å²) in [6.07, 6.45) is 0.900. The van der Waals surface area contributed by atoms with Gasteiger partial charge in [-0.15, -0.1) is 0 Å². The molecule has 9 nitrogen and oxygen atoms in total. The fourth-order valence-corrected chi connectivity index (χ4v) is 2.85. The van der Waals surface area contributed by atoms with Crippen molar-refractivity contribution in [3.63, 3.8) is 0 Å². The Balaban J connectivity index is 2.93. The van der Waals surface area contributed by atoms with Crippen molar-refractivity contribution in [2.45, 2.75) is 44.8 Å². The van der Waals surface area contributed by atoms with Gasteiger partial charge in [0.1, 0.15) is 18.6 Å². The van der Waals surface area contributed by atoms with Crippen LogP contribution in [0.1, 0.15) is 25.8 Å². The first-order valence-corrected chi connectivity index (χ1v) is 10.3. The molecule has 10 heteroatoms. The number of hydrogen-bond donors (Lipinski definition) is 6. The molecule has 0 bridgehead atoms. The molecule has 0 fully saturated rings. The van der Waals surface area contributed by atoms with E-state index in [1.807, 2.05) is 44.2 Å². The Morgan fingerprint density at radius 1 is 1.03 bits per heavy atom. The number of nitrogens with one attached hydrogen (secondary N) is 3. The minimum absolute atomic E-state index is 0.0461. The Hall–Kier alpha value is -2.59. The van der Waals surface area contributed by atoms with E-state index in [4.69, 9.17) is 10.8 Å². The molecule has 6 N–H and O–H groups in total. The van der Waals surface area contributed by atoms with Crippen LogP contribution in [0, 0.1) is 5.92 Å². The van der Waals surface area contributed by atoms with Crippen molar-refractivity contribution < 1.29 is 24.3 Å². The van der Waals surface area contributed by atoms with Crippen LogP contribution in [0.15, 0.2) is 30.3 Å². The Morgan fingerprint density at radius 2 is 1.63 bits per heavy atom. The molecule has 1 aromatic carbocycles. The van der Waals surface area contributed by atoms with Gasteiger partial charge in [-0.1, -0.05) is 50.6 Å². The van der Waals surface area contributed by atoms with Gasteiger partial charge in [-0.25, -0.2) is 0 Å². The van der Waals surface area contributed by atoms with Gasteiger partial charge in [0.25, 0.3) is 0 Å². The van der Waals surface area contributed by atoms with Crippen molar-refractivity contribution >= 4 is 36.3 Å². The zero-order valence-electron chi connectivity index (χ0n) is 17.1. The lowest BCUT2D eigenvalue weighted by atomic mass is 9.98. The number of carbonyl (C=O) groups is 4. The Labute approximate surface area is 181 Å². The summed E-state index contributed by atoms with van der Waals surface area (Å²) >= 11 is 4.05. The smallest absolute Gasteiger partial charge is 0.322 e. The second-order valence-corrected chi connectivity index (χ2v) is 7.38. The maximum atomic E-state index is 12.9. The molecular weight excluding hydrogens is 408 g/mol. The van der Waals surface area contributed by atoms with Crippen molar-refractivity contribution in [1.29, 1.82) is 0 Å². The Morgan fingerprint density at radius 3 is 2.17 bits per heavy atom. The molecule has 0 aliphatic rings. The number of hydrogen-bond acceptors (Lipinski definition) is 6. The van der Waals surface area contributed by atoms with Crippen molar-refractivity contribution in [2.24, 2.45) is 11.7 Å². The molecule has 166 valence electrons. The second kappa shape index (κ2) is 12.9. The first-order chi connectivity index (χ1) is 14.2. The van der Waals surface area contributed by atoms with Crippen LogP contribution in [0.4, 0.5) is 0 Å². The van der Waals surface area contributed by atoms with E-state index in [0.29, 0.717) is 6.42 Å². The Kier molecular flexibility index (Phi) is 10.9. The first-order valence-electron chi connectivity index (χ1n) is 9.70. The van der Waals surface area contributed by atoms with E-state index in [9.17, 15) is 19.2 Å². The molecule has 1 aromatic rings. The number of thiol groups is 1. The van der Waals surface area contributed by atoms with Gasteiger partial charge in [0.15, 0.2) is 0 Å². The number of nitrogens with two attached hydrogens (primary N) is 1. The van der Waals surface area contributed by atoms with Crippen LogP contribution >= 0.6 is 12.6 Å². The molecular formula is C20H30N4O5S. The lowest BCUT2D eigenvalue weighted by Crippen LogP contribution is -2.57. The Bertz CT molecular complexity index is 731. The largest absolute Gasteiger partial charge is 0.480 e. The highest BCUT2D eigenvalue weighted by molar-refractivity contribution is 7.80. The van der Waals surface area contributed by atoms with Gasteiger partial charge in [0, 0.05) is 12.2 Å². The number of carboxylic acid groups (broad SMARTS) is 1. The normalized spacial score (nSPS) is 14.7. The molecule has 0 aliphatic heterocycles. The second-order valence-electron chi connectivity index (χ2n) is 7.02. The molecule has 30 heavy (non-hydrogen) atoms. The first kappa shape index (κ1) is 25.4. The monoisotopic (exact) mass is 438 g/mol. The van der Waals surface area contributed by atoms with E-state index in [1.165, 1.54) is 0 Å². The van der Waals surface area contributed by atoms with Crippen LogP contribution in [0.25, 0.3) is 0 Å². The molecule has 0 aromatic heterocycles. The van der Waals surface area contributed by atoms with Crippen molar-refractivity contribution in [3.8, 4) is 0 Å². The molecule has 1 rings (SSSR count). The lowest BCUT2D eigenvalue weighted by Gasteiger charge is -2.25. The minimum Gasteiger partial charge on any atom is -0.480 e. The van der Waals surface area contributed by atoms with Crippen LogP contribution in [0.5, 0.6) is 0 Å². The summed E-state index contributed by atoms with van der Waals surface area (Å²) in [7, 11) is 0. The average Bonchev–Trinajstić information content (AvgIpc) is 2.74. The van der Waals surface area contributed by atoms with Crippen molar-refractivity contribution in [2.75, 3.05) is 12.3 Å². The molecule has 4 atom stereocenters. The number of benzene rings is 1. The summed E-state index contributed by atoms with van der Waals surface area (Å²) in [6, 6.07) is 6.29. The summed E-state index contributed by atoms with van der Waals surface area (Å²) in [5, 5.41) is 16.1. The molecule has 4 unspecified atom stereocenters. The van der Waals surface area contributed by atoms with Gasteiger partial charge in [0.2, 0.25) is 17.7 Å². The van der Waals surface area contributed by atoms with E-state index >= 15 is 0 Å². The van der Waals surface area contributed by atoms with E-state index in [1.54, 1.807) is 0 Å². The van der Waals surface area contributed by atoms with Gasteiger partial charge in [-0.2, -0.15) is 12.6 Å². The fourth-order valence-electron chi connectivity index (χ4n) is 2.59. The van der Waals surface area contributed by atoms with Gasteiger partial charge in [-0.05, 0) is 11.5 Å². The van der Waals surface area contributed by atoms with Crippen LogP contribution in [-0.2, 0) is 25.6 Å². The summed E-state index contributed by atoms with van der Waals surface area (Å²) in [6.45, 7) is 3.19. The van der Waals surface area contributed by atoms with Crippen LogP contribution in [0.2, 0.25) is 0 Å². The number of carboxylic acids is 1. The topological polar surface area (TPSA) is 151 Å². The zero-order chi connectivity index (χ0) is 22.7. The average molecular weight is 439 g/mol. The third-order valence-electron chi connectivity index (χ3n) is 4.70. The predicted octanol–water partition coefficient (Wildman–Crippen LogP) is -0.297. The number of amides is 3. The van der Waals surface area contributed by atoms with Crippen LogP contribution < -0.4 is 21.7 Å². The molecule has 3 amide bonds. The standard InChI is InChI=1S/C20H30N4O5S/c1-3-12(2)17(21)20(29)23-14(9-13-7-5-4-6-8-13)19(28)24-15(11-30)18(27)22-10-16(25)26/h4-8,12,14-15,17,30H,3,9-11,21H2,1-2H3,(H,22,27)(H,23,29)(H,24,28)(H,25,26). The van der Waals surface area contributed by atoms with Gasteiger partial charge >= 0.3 is 5.97 Å². The zero-order valence-corrected chi connectivity index (χ0v) is 18.0. The number of carbonyl (C=O) groups excluding carboxylic acids is 3. The summed E-state index contributed by atoms with van der Waals surface area (Å²) in [5.41, 5.74) is 6.79. The summed E-state index contributed by atoms with van der Waals surface area (Å²) in [5.74, 6) is -3.05. The quantitative estimate of drug-likeness (QED) is 0.247. The third-order valence-corrected chi connectivity index (χ3v) is 5.07. The predicted molar refractivity (Wildman–Crippen MR) is 116 cm³/mol. The van der Waals surface area contributed by atoms with Gasteiger partial charge in [-0.3, -0.25) is 19.2 Å². The lowest BCUT2D eigenvalue weighted by molar-refractivity contribution is -0.138. The van der Waals surface area contributed by atoms with E-state index < -0.39 is 48.4 Å². The van der Waals surface area contributed by atoms with Gasteiger partial charge in [0.05, 0.1) is 6.04 Å². The fraction of sp³-hybridized carbons (Fsp3) is 0.500. The summed E-state index contributed by atoms with van der Waals surface area (Å²) < 4.78 is 0. The SMILES string of the molecule is CCC(C)C(N)C(=O)NC(Cc1ccccc1)C(=O)NC(CS)C(=O)NCC(=O)O. The van der Waals surface area contributed by atoms with E-state index in [-0.39, 0.29) is 18.1 Å². The number of rotatable bonds is 12. The summed E-state index contributed by atoms with van der Waals surface area (Å²) in [4.78, 5) is 48.1. The van der Waals surface area contributed by atoms with Gasteiger partial charge < -0.3 is 26.8 Å². The molecule has 0 saturated heterocycles. The third kappa shape index (κ3) is 8.42.